The zero-order chi connectivity index (χ0) is 23.5. The second-order valence-electron chi connectivity index (χ2n) is 10.1. The van der Waals surface area contributed by atoms with Gasteiger partial charge in [0, 0.05) is 13.7 Å². The number of piperidine rings is 3. The number of amides is 2. The summed E-state index contributed by atoms with van der Waals surface area (Å²) in [4.78, 5) is 15.4. The first-order valence-electron chi connectivity index (χ1n) is 11.9. The Morgan fingerprint density at radius 3 is 2.18 bits per heavy atom. The molecule has 6 nitrogen and oxygen atoms in total. The predicted molar refractivity (Wildman–Crippen MR) is 132 cm³/mol. The Labute approximate surface area is 197 Å². The lowest BCUT2D eigenvalue weighted by Crippen LogP contribution is -2.67. The zero-order valence-corrected chi connectivity index (χ0v) is 20.3. The molecule has 0 spiro atoms. The summed E-state index contributed by atoms with van der Waals surface area (Å²) < 4.78 is 10.7. The molecule has 1 atom stereocenters. The number of nitrogens with zero attached hydrogens (tertiary/aromatic N) is 1. The summed E-state index contributed by atoms with van der Waals surface area (Å²) in [5.41, 5.74) is 2.69. The van der Waals surface area contributed by atoms with Crippen molar-refractivity contribution in [1.82, 2.24) is 15.5 Å². The van der Waals surface area contributed by atoms with Crippen molar-refractivity contribution in [2.24, 2.45) is 5.92 Å². The molecule has 2 amide bonds. The largest absolute Gasteiger partial charge is 0.491 e. The number of ether oxygens (including phenoxy) is 2. The van der Waals surface area contributed by atoms with E-state index in [1.807, 2.05) is 26.0 Å². The molecule has 0 aromatic heterocycles. The van der Waals surface area contributed by atoms with Crippen LogP contribution in [-0.4, -0.2) is 56.4 Å². The third-order valence-corrected chi connectivity index (χ3v) is 7.22. The van der Waals surface area contributed by atoms with Crippen molar-refractivity contribution < 1.29 is 14.3 Å². The number of methoxy groups -OCH3 is 1. The number of benzene rings is 2. The molecule has 3 aliphatic rings. The number of hydrogen-bond acceptors (Lipinski definition) is 4. The minimum Gasteiger partial charge on any atom is -0.491 e. The number of carbonyl (C=O) groups is 1. The van der Waals surface area contributed by atoms with Crippen LogP contribution in [0.1, 0.15) is 39.2 Å². The van der Waals surface area contributed by atoms with Gasteiger partial charge in [0.2, 0.25) is 0 Å². The highest BCUT2D eigenvalue weighted by Gasteiger charge is 2.44. The van der Waals surface area contributed by atoms with Gasteiger partial charge in [0.1, 0.15) is 12.4 Å². The molecule has 33 heavy (non-hydrogen) atoms. The molecule has 2 aromatic rings. The lowest BCUT2D eigenvalue weighted by Gasteiger charge is -2.52. The first-order valence-corrected chi connectivity index (χ1v) is 11.9. The Hall–Kier alpha value is -2.57. The normalized spacial score (nSPS) is 24.4. The highest BCUT2D eigenvalue weighted by Crippen LogP contribution is 2.35. The lowest BCUT2D eigenvalue weighted by atomic mass is 9.74. The Bertz CT molecular complexity index is 934. The molecule has 3 fully saturated rings. The summed E-state index contributed by atoms with van der Waals surface area (Å²) in [5, 5.41) is 6.50. The molecule has 2 bridgehead atoms. The number of urea groups is 1. The average Bonchev–Trinajstić information content (AvgIpc) is 2.79. The number of rotatable bonds is 8. The van der Waals surface area contributed by atoms with Crippen LogP contribution in [0.5, 0.6) is 5.75 Å². The van der Waals surface area contributed by atoms with E-state index in [-0.39, 0.29) is 11.6 Å². The number of hydrogen-bond donors (Lipinski definition) is 2. The van der Waals surface area contributed by atoms with Crippen molar-refractivity contribution in [3.8, 4) is 16.9 Å². The quantitative estimate of drug-likeness (QED) is 0.584. The fourth-order valence-electron chi connectivity index (χ4n) is 5.18. The van der Waals surface area contributed by atoms with Gasteiger partial charge in [-0.25, -0.2) is 4.79 Å². The van der Waals surface area contributed by atoms with Gasteiger partial charge in [-0.2, -0.15) is 0 Å². The van der Waals surface area contributed by atoms with Gasteiger partial charge < -0.3 is 25.0 Å². The van der Waals surface area contributed by atoms with Crippen LogP contribution in [0, 0.1) is 5.92 Å². The van der Waals surface area contributed by atoms with E-state index in [0.29, 0.717) is 19.1 Å². The molecule has 0 radical (unpaired) electrons. The van der Waals surface area contributed by atoms with Crippen LogP contribution in [0.15, 0.2) is 48.5 Å². The molecular formula is C27H37N3O3. The van der Waals surface area contributed by atoms with E-state index in [2.05, 4.69) is 58.9 Å². The Morgan fingerprint density at radius 2 is 1.64 bits per heavy atom. The van der Waals surface area contributed by atoms with Crippen molar-refractivity contribution in [2.75, 3.05) is 40.0 Å². The number of carbonyl (C=O) groups excluding carboxylic acids is 1. The maximum absolute atomic E-state index is 12.9. The van der Waals surface area contributed by atoms with Gasteiger partial charge in [0.25, 0.3) is 0 Å². The number of fused-ring (bicyclic) bond motifs is 3. The minimum absolute atomic E-state index is 0.0932. The van der Waals surface area contributed by atoms with Crippen LogP contribution < -0.4 is 15.4 Å². The SMILES string of the molecule is COCCOc1ccc(-c2ccc(C(C)(C)NC(=O)N[C@@]3(C)CN4CCC3CC4)cc2)cc1. The first-order chi connectivity index (χ1) is 15.8. The van der Waals surface area contributed by atoms with Gasteiger partial charge in [-0.1, -0.05) is 36.4 Å². The summed E-state index contributed by atoms with van der Waals surface area (Å²) in [6, 6.07) is 16.4. The van der Waals surface area contributed by atoms with Crippen molar-refractivity contribution in [1.29, 1.82) is 0 Å². The van der Waals surface area contributed by atoms with Gasteiger partial charge >= 0.3 is 6.03 Å². The molecule has 3 heterocycles. The first kappa shape index (κ1) is 23.6. The fourth-order valence-corrected chi connectivity index (χ4v) is 5.18. The molecular weight excluding hydrogens is 414 g/mol. The summed E-state index contributed by atoms with van der Waals surface area (Å²) in [6.07, 6.45) is 2.34. The van der Waals surface area contributed by atoms with Crippen LogP contribution in [-0.2, 0) is 10.3 Å². The molecule has 2 aromatic carbocycles. The molecule has 0 saturated carbocycles. The Morgan fingerprint density at radius 1 is 1.03 bits per heavy atom. The lowest BCUT2D eigenvalue weighted by molar-refractivity contribution is 0.0224. The van der Waals surface area contributed by atoms with E-state index < -0.39 is 5.54 Å². The molecule has 178 valence electrons. The van der Waals surface area contributed by atoms with E-state index in [1.165, 1.54) is 12.8 Å². The summed E-state index contributed by atoms with van der Waals surface area (Å²) in [6.45, 7) is 10.7. The summed E-state index contributed by atoms with van der Waals surface area (Å²) in [7, 11) is 1.66. The third-order valence-electron chi connectivity index (χ3n) is 7.22. The van der Waals surface area contributed by atoms with E-state index >= 15 is 0 Å². The highest BCUT2D eigenvalue weighted by molar-refractivity contribution is 5.76. The topological polar surface area (TPSA) is 62.8 Å². The van der Waals surface area contributed by atoms with E-state index in [9.17, 15) is 4.79 Å². The van der Waals surface area contributed by atoms with Gasteiger partial charge in [-0.05, 0) is 81.4 Å². The van der Waals surface area contributed by atoms with E-state index in [4.69, 9.17) is 9.47 Å². The van der Waals surface area contributed by atoms with Crippen LogP contribution in [0.4, 0.5) is 4.79 Å². The van der Waals surface area contributed by atoms with Crippen molar-refractivity contribution in [3.63, 3.8) is 0 Å². The van der Waals surface area contributed by atoms with Crippen LogP contribution in [0.2, 0.25) is 0 Å². The van der Waals surface area contributed by atoms with Gasteiger partial charge in [0.15, 0.2) is 0 Å². The predicted octanol–water partition coefficient (Wildman–Crippen LogP) is 4.40. The van der Waals surface area contributed by atoms with Crippen molar-refractivity contribution in [2.45, 2.75) is 44.7 Å². The molecule has 2 N–H and O–H groups in total. The molecule has 3 saturated heterocycles. The second kappa shape index (κ2) is 9.74. The third kappa shape index (κ3) is 5.50. The molecule has 0 unspecified atom stereocenters. The van der Waals surface area contributed by atoms with E-state index in [1.54, 1.807) is 7.11 Å². The second-order valence-corrected chi connectivity index (χ2v) is 10.1. The molecule has 3 aliphatic heterocycles. The Balaban J connectivity index is 1.36. The average molecular weight is 452 g/mol. The van der Waals surface area contributed by atoms with Crippen molar-refractivity contribution >= 4 is 6.03 Å². The summed E-state index contributed by atoms with van der Waals surface area (Å²) in [5.74, 6) is 1.40. The van der Waals surface area contributed by atoms with Gasteiger partial charge in [-0.3, -0.25) is 0 Å². The molecule has 5 rings (SSSR count). The summed E-state index contributed by atoms with van der Waals surface area (Å²) >= 11 is 0. The van der Waals surface area contributed by atoms with Crippen LogP contribution >= 0.6 is 0 Å². The van der Waals surface area contributed by atoms with Crippen LogP contribution in [0.3, 0.4) is 0 Å². The Kier molecular flexibility index (Phi) is 6.96. The smallest absolute Gasteiger partial charge is 0.315 e. The molecule has 6 heteroatoms. The standard InChI is InChI=1S/C27H37N3O3/c1-26(2,28-25(31)29-27(3)19-30-15-13-23(27)14-16-30)22-9-5-20(6-10-22)21-7-11-24(12-8-21)33-18-17-32-4/h5-12,23H,13-19H2,1-4H3,(H2,28,29,31)/t27-/m0/s1. The fraction of sp³-hybridized carbons (Fsp3) is 0.519. The van der Waals surface area contributed by atoms with Gasteiger partial charge in [-0.15, -0.1) is 0 Å². The minimum atomic E-state index is -0.480. The maximum Gasteiger partial charge on any atom is 0.315 e. The highest BCUT2D eigenvalue weighted by atomic mass is 16.5. The molecule has 0 aliphatic carbocycles. The van der Waals surface area contributed by atoms with Gasteiger partial charge in [0.05, 0.1) is 17.7 Å². The zero-order valence-electron chi connectivity index (χ0n) is 20.3. The maximum atomic E-state index is 12.9. The van der Waals surface area contributed by atoms with Crippen molar-refractivity contribution in [3.05, 3.63) is 54.1 Å². The monoisotopic (exact) mass is 451 g/mol. The van der Waals surface area contributed by atoms with E-state index in [0.717, 1.165) is 42.1 Å². The number of nitrogens with one attached hydrogen (secondary N) is 2. The van der Waals surface area contributed by atoms with Crippen LogP contribution in [0.25, 0.3) is 11.1 Å².